The van der Waals surface area contributed by atoms with Gasteiger partial charge in [0.2, 0.25) is 5.89 Å². The van der Waals surface area contributed by atoms with Crippen LogP contribution in [-0.2, 0) is 11.8 Å². The summed E-state index contributed by atoms with van der Waals surface area (Å²) in [5.41, 5.74) is 0.821. The maximum Gasteiger partial charge on any atom is 0.261 e. The molecule has 0 saturated heterocycles. The van der Waals surface area contributed by atoms with Gasteiger partial charge in [-0.05, 0) is 24.5 Å². The Morgan fingerprint density at radius 3 is 2.62 bits per heavy atom. The van der Waals surface area contributed by atoms with Crippen LogP contribution in [0.15, 0.2) is 4.42 Å². The van der Waals surface area contributed by atoms with Crippen molar-refractivity contribution in [1.82, 2.24) is 25.1 Å². The van der Waals surface area contributed by atoms with Crippen molar-refractivity contribution in [3.05, 3.63) is 11.6 Å². The smallest absolute Gasteiger partial charge is 0.261 e. The molecule has 2 heterocycles. The van der Waals surface area contributed by atoms with Crippen molar-refractivity contribution >= 4 is 11.5 Å². The summed E-state index contributed by atoms with van der Waals surface area (Å²) in [6, 6.07) is 0.501. The Hall–Kier alpha value is -1.34. The zero-order valence-electron chi connectivity index (χ0n) is 13.3. The van der Waals surface area contributed by atoms with Gasteiger partial charge in [-0.3, -0.25) is 0 Å². The minimum atomic E-state index is -0.0852. The molecule has 21 heavy (non-hydrogen) atoms. The predicted molar refractivity (Wildman–Crippen MR) is 83.4 cm³/mol. The van der Waals surface area contributed by atoms with Crippen LogP contribution in [0.5, 0.6) is 0 Å². The van der Waals surface area contributed by atoms with Crippen LogP contribution in [0.4, 0.5) is 0 Å². The standard InChI is InChI=1S/C14H23N5OS/c1-9(2)15-8-6-7-10-16-18-13(20-10)11-12(14(3,4)5)17-19-21-11/h9,15H,6-8H2,1-5H3. The monoisotopic (exact) mass is 309 g/mol. The number of nitrogens with zero attached hydrogens (tertiary/aromatic N) is 4. The molecule has 0 bridgehead atoms. The molecule has 0 aliphatic carbocycles. The normalized spacial score (nSPS) is 12.3. The summed E-state index contributed by atoms with van der Waals surface area (Å²) in [4.78, 5) is 0.876. The van der Waals surface area contributed by atoms with E-state index in [9.17, 15) is 0 Å². The lowest BCUT2D eigenvalue weighted by Gasteiger charge is -2.14. The van der Waals surface area contributed by atoms with E-state index in [-0.39, 0.29) is 5.41 Å². The van der Waals surface area contributed by atoms with E-state index in [4.69, 9.17) is 4.42 Å². The van der Waals surface area contributed by atoms with Gasteiger partial charge in [0.15, 0.2) is 0 Å². The largest absolute Gasteiger partial charge is 0.420 e. The Balaban J connectivity index is 2.02. The summed E-state index contributed by atoms with van der Waals surface area (Å²) in [5, 5.41) is 15.8. The molecule has 0 spiro atoms. The molecule has 0 radical (unpaired) electrons. The molecule has 2 rings (SSSR count). The van der Waals surface area contributed by atoms with Gasteiger partial charge in [-0.1, -0.05) is 39.1 Å². The maximum atomic E-state index is 5.75. The van der Waals surface area contributed by atoms with Crippen LogP contribution < -0.4 is 5.32 Å². The van der Waals surface area contributed by atoms with Crippen molar-refractivity contribution in [2.45, 2.75) is 58.9 Å². The summed E-state index contributed by atoms with van der Waals surface area (Å²) in [5.74, 6) is 1.20. The molecular formula is C14H23N5OS. The van der Waals surface area contributed by atoms with Crippen LogP contribution in [0, 0.1) is 0 Å². The third-order valence-corrected chi connectivity index (χ3v) is 3.69. The Labute approximate surface area is 129 Å². The minimum Gasteiger partial charge on any atom is -0.420 e. The molecule has 6 nitrogen and oxygen atoms in total. The highest BCUT2D eigenvalue weighted by molar-refractivity contribution is 7.09. The Bertz CT molecular complexity index is 570. The van der Waals surface area contributed by atoms with Gasteiger partial charge in [0.1, 0.15) is 4.88 Å². The van der Waals surface area contributed by atoms with Gasteiger partial charge in [0.05, 0.1) is 5.69 Å². The van der Waals surface area contributed by atoms with Crippen LogP contribution in [0.2, 0.25) is 0 Å². The Morgan fingerprint density at radius 2 is 1.95 bits per heavy atom. The van der Waals surface area contributed by atoms with E-state index in [1.54, 1.807) is 0 Å². The lowest BCUT2D eigenvalue weighted by Crippen LogP contribution is -2.23. The summed E-state index contributed by atoms with van der Waals surface area (Å²) in [6.07, 6.45) is 1.76. The first kappa shape index (κ1) is 16.0. The lowest BCUT2D eigenvalue weighted by atomic mass is 9.91. The average molecular weight is 309 g/mol. The zero-order valence-corrected chi connectivity index (χ0v) is 14.1. The van der Waals surface area contributed by atoms with E-state index in [2.05, 4.69) is 59.7 Å². The third kappa shape index (κ3) is 4.31. The highest BCUT2D eigenvalue weighted by Gasteiger charge is 2.26. The molecule has 1 N–H and O–H groups in total. The van der Waals surface area contributed by atoms with E-state index >= 15 is 0 Å². The second-order valence-corrected chi connectivity index (χ2v) is 7.17. The number of rotatable bonds is 6. The topological polar surface area (TPSA) is 76.7 Å². The predicted octanol–water partition coefficient (Wildman–Crippen LogP) is 2.82. The quantitative estimate of drug-likeness (QED) is 0.827. The molecular weight excluding hydrogens is 286 g/mol. The van der Waals surface area contributed by atoms with Gasteiger partial charge < -0.3 is 9.73 Å². The van der Waals surface area contributed by atoms with Crippen LogP contribution >= 0.6 is 11.5 Å². The first-order chi connectivity index (χ1) is 9.88. The SMILES string of the molecule is CC(C)NCCCc1nnc(-c2snnc2C(C)(C)C)o1. The number of aryl methyl sites for hydroxylation is 1. The molecule has 7 heteroatoms. The van der Waals surface area contributed by atoms with Crippen molar-refractivity contribution in [2.75, 3.05) is 6.54 Å². The second-order valence-electron chi connectivity index (χ2n) is 6.41. The maximum absolute atomic E-state index is 5.75. The van der Waals surface area contributed by atoms with Gasteiger partial charge in [-0.2, -0.15) is 0 Å². The number of nitrogens with one attached hydrogen (secondary N) is 1. The average Bonchev–Trinajstić information content (AvgIpc) is 3.01. The van der Waals surface area contributed by atoms with Crippen molar-refractivity contribution < 1.29 is 4.42 Å². The first-order valence-corrected chi connectivity index (χ1v) is 8.04. The van der Waals surface area contributed by atoms with Gasteiger partial charge in [0.25, 0.3) is 5.89 Å². The van der Waals surface area contributed by atoms with Crippen LogP contribution in [0.25, 0.3) is 10.8 Å². The highest BCUT2D eigenvalue weighted by atomic mass is 32.1. The van der Waals surface area contributed by atoms with Gasteiger partial charge in [0, 0.05) is 17.9 Å². The van der Waals surface area contributed by atoms with Crippen molar-refractivity contribution in [1.29, 1.82) is 0 Å². The van der Waals surface area contributed by atoms with Crippen LogP contribution in [-0.4, -0.2) is 32.4 Å². The fourth-order valence-corrected chi connectivity index (χ4v) is 2.70. The fourth-order valence-electron chi connectivity index (χ4n) is 1.90. The summed E-state index contributed by atoms with van der Waals surface area (Å²) < 4.78 is 9.77. The van der Waals surface area contributed by atoms with Crippen molar-refractivity contribution in [2.24, 2.45) is 0 Å². The van der Waals surface area contributed by atoms with E-state index in [1.165, 1.54) is 11.5 Å². The third-order valence-electron chi connectivity index (χ3n) is 2.98. The molecule has 0 aliphatic heterocycles. The first-order valence-electron chi connectivity index (χ1n) is 7.27. The van der Waals surface area contributed by atoms with Crippen LogP contribution in [0.1, 0.15) is 52.6 Å². The molecule has 2 aromatic rings. The van der Waals surface area contributed by atoms with Gasteiger partial charge in [-0.15, -0.1) is 15.3 Å². The molecule has 0 aromatic carbocycles. The minimum absolute atomic E-state index is 0.0852. The summed E-state index contributed by atoms with van der Waals surface area (Å²) in [7, 11) is 0. The number of hydrogen-bond acceptors (Lipinski definition) is 7. The molecule has 0 amide bonds. The molecule has 0 atom stereocenters. The Morgan fingerprint density at radius 1 is 1.19 bits per heavy atom. The van der Waals surface area contributed by atoms with Crippen molar-refractivity contribution in [3.63, 3.8) is 0 Å². The van der Waals surface area contributed by atoms with Crippen molar-refractivity contribution in [3.8, 4) is 10.8 Å². The van der Waals surface area contributed by atoms with Gasteiger partial charge >= 0.3 is 0 Å². The van der Waals surface area contributed by atoms with E-state index in [1.807, 2.05) is 0 Å². The summed E-state index contributed by atoms with van der Waals surface area (Å²) >= 11 is 1.31. The van der Waals surface area contributed by atoms with Gasteiger partial charge in [-0.25, -0.2) is 0 Å². The Kier molecular flexibility index (Phi) is 5.05. The number of hydrogen-bond donors (Lipinski definition) is 1. The zero-order chi connectivity index (χ0) is 15.5. The molecule has 0 unspecified atom stereocenters. The summed E-state index contributed by atoms with van der Waals surface area (Å²) in [6.45, 7) is 11.5. The van der Waals surface area contributed by atoms with Crippen LogP contribution in [0.3, 0.4) is 0 Å². The van der Waals surface area contributed by atoms with E-state index < -0.39 is 0 Å². The molecule has 116 valence electrons. The highest BCUT2D eigenvalue weighted by Crippen LogP contribution is 2.33. The number of aromatic nitrogens is 4. The van der Waals surface area contributed by atoms with E-state index in [0.29, 0.717) is 17.8 Å². The molecule has 0 saturated carbocycles. The molecule has 0 aliphatic rings. The fraction of sp³-hybridized carbons (Fsp3) is 0.714. The molecule has 0 fully saturated rings. The second kappa shape index (κ2) is 6.62. The lowest BCUT2D eigenvalue weighted by molar-refractivity contribution is 0.482. The molecule has 2 aromatic heterocycles. The van der Waals surface area contributed by atoms with E-state index in [0.717, 1.165) is 30.0 Å².